The van der Waals surface area contributed by atoms with Crippen LogP contribution in [-0.2, 0) is 11.2 Å². The second-order valence-electron chi connectivity index (χ2n) is 5.33. The number of benzene rings is 1. The summed E-state index contributed by atoms with van der Waals surface area (Å²) in [5.41, 5.74) is 1.88. The summed E-state index contributed by atoms with van der Waals surface area (Å²) >= 11 is 0. The maximum Gasteiger partial charge on any atom is 0.310 e. The third kappa shape index (κ3) is 3.26. The average molecular weight is 263 g/mol. The number of hydrogen-bond acceptors (Lipinski definition) is 3. The maximum absolute atomic E-state index is 11.0. The minimum atomic E-state index is -0.673. The van der Waals surface area contributed by atoms with E-state index in [-0.39, 0.29) is 0 Å². The first-order valence-corrected chi connectivity index (χ1v) is 6.65. The van der Waals surface area contributed by atoms with Crippen LogP contribution < -0.4 is 10.1 Å². The van der Waals surface area contributed by atoms with Crippen molar-refractivity contribution in [1.29, 1.82) is 0 Å². The first kappa shape index (κ1) is 13.9. The lowest BCUT2D eigenvalue weighted by Crippen LogP contribution is -2.31. The van der Waals surface area contributed by atoms with E-state index in [1.807, 2.05) is 12.1 Å². The Morgan fingerprint density at radius 3 is 2.79 bits per heavy atom. The van der Waals surface area contributed by atoms with Gasteiger partial charge in [-0.2, -0.15) is 0 Å². The van der Waals surface area contributed by atoms with Crippen molar-refractivity contribution in [3.8, 4) is 5.75 Å². The van der Waals surface area contributed by atoms with Gasteiger partial charge < -0.3 is 15.2 Å². The second-order valence-corrected chi connectivity index (χ2v) is 5.33. The Labute approximate surface area is 113 Å². The fraction of sp³-hybridized carbons (Fsp3) is 0.533. The molecule has 1 aliphatic rings. The molecule has 0 spiro atoms. The molecule has 0 heterocycles. The number of carbonyl (C=O) groups is 1. The van der Waals surface area contributed by atoms with E-state index in [1.54, 1.807) is 7.11 Å². The van der Waals surface area contributed by atoms with Gasteiger partial charge in [0.25, 0.3) is 0 Å². The average Bonchev–Trinajstić information content (AvgIpc) is 3.16. The van der Waals surface area contributed by atoms with E-state index in [2.05, 4.69) is 18.3 Å². The van der Waals surface area contributed by atoms with E-state index in [9.17, 15) is 4.79 Å². The topological polar surface area (TPSA) is 58.6 Å². The van der Waals surface area contributed by atoms with Gasteiger partial charge in [0.1, 0.15) is 5.75 Å². The van der Waals surface area contributed by atoms with Crippen LogP contribution in [0.2, 0.25) is 0 Å². The monoisotopic (exact) mass is 263 g/mol. The highest BCUT2D eigenvalue weighted by Crippen LogP contribution is 2.45. The van der Waals surface area contributed by atoms with Gasteiger partial charge in [0.15, 0.2) is 0 Å². The fourth-order valence-electron chi connectivity index (χ4n) is 2.27. The Balaban J connectivity index is 1.83. The number of nitrogens with one attached hydrogen (secondary N) is 1. The lowest BCUT2D eigenvalue weighted by atomic mass is 10.1. The minimum absolute atomic E-state index is 0.489. The highest BCUT2D eigenvalue weighted by molar-refractivity contribution is 5.78. The van der Waals surface area contributed by atoms with Crippen molar-refractivity contribution >= 4 is 5.97 Å². The smallest absolute Gasteiger partial charge is 0.310 e. The van der Waals surface area contributed by atoms with Crippen LogP contribution in [0.3, 0.4) is 0 Å². The van der Waals surface area contributed by atoms with Gasteiger partial charge in [-0.1, -0.05) is 17.7 Å². The molecular weight excluding hydrogens is 242 g/mol. The fourth-order valence-corrected chi connectivity index (χ4v) is 2.27. The number of rotatable bonds is 7. The molecule has 1 aromatic rings. The largest absolute Gasteiger partial charge is 0.496 e. The molecule has 0 aromatic heterocycles. The molecule has 1 aromatic carbocycles. The molecule has 1 fully saturated rings. The standard InChI is InChI=1S/C15H21NO3/c1-11-3-4-13(19-2)12(9-11)5-8-16-10-15(6-7-15)14(17)18/h3-4,9,16H,5-8,10H2,1-2H3,(H,17,18). The van der Waals surface area contributed by atoms with Crippen LogP contribution >= 0.6 is 0 Å². The first-order chi connectivity index (χ1) is 9.07. The van der Waals surface area contributed by atoms with Crippen LogP contribution in [0.5, 0.6) is 5.75 Å². The molecule has 104 valence electrons. The highest BCUT2D eigenvalue weighted by atomic mass is 16.5. The van der Waals surface area contributed by atoms with Crippen molar-refractivity contribution in [3.05, 3.63) is 29.3 Å². The number of hydrogen-bond donors (Lipinski definition) is 2. The molecule has 19 heavy (non-hydrogen) atoms. The molecule has 4 heteroatoms. The van der Waals surface area contributed by atoms with Gasteiger partial charge in [-0.3, -0.25) is 4.79 Å². The summed E-state index contributed by atoms with van der Waals surface area (Å²) in [5, 5.41) is 12.3. The van der Waals surface area contributed by atoms with Crippen LogP contribution in [0.15, 0.2) is 18.2 Å². The zero-order chi connectivity index (χ0) is 13.9. The third-order valence-corrected chi connectivity index (χ3v) is 3.78. The summed E-state index contributed by atoms with van der Waals surface area (Å²) in [6.45, 7) is 3.39. The van der Waals surface area contributed by atoms with Crippen molar-refractivity contribution in [2.45, 2.75) is 26.2 Å². The summed E-state index contributed by atoms with van der Waals surface area (Å²) in [5.74, 6) is 0.222. The van der Waals surface area contributed by atoms with Gasteiger partial charge in [0.05, 0.1) is 12.5 Å². The lowest BCUT2D eigenvalue weighted by molar-refractivity contribution is -0.143. The molecule has 0 saturated heterocycles. The molecule has 4 nitrogen and oxygen atoms in total. The van der Waals surface area contributed by atoms with Crippen LogP contribution in [0.1, 0.15) is 24.0 Å². The number of carboxylic acids is 1. The van der Waals surface area contributed by atoms with Gasteiger partial charge in [-0.15, -0.1) is 0 Å². The molecule has 0 atom stereocenters. The molecule has 2 N–H and O–H groups in total. The lowest BCUT2D eigenvalue weighted by Gasteiger charge is -2.13. The number of ether oxygens (including phenoxy) is 1. The second kappa shape index (κ2) is 5.61. The molecule has 0 unspecified atom stereocenters. The first-order valence-electron chi connectivity index (χ1n) is 6.65. The Bertz CT molecular complexity index is 466. The van der Waals surface area contributed by atoms with Crippen LogP contribution in [0, 0.1) is 12.3 Å². The molecular formula is C15H21NO3. The van der Waals surface area contributed by atoms with Crippen molar-refractivity contribution < 1.29 is 14.6 Å². The molecule has 0 radical (unpaired) electrons. The van der Waals surface area contributed by atoms with Gasteiger partial charge in [-0.05, 0) is 44.4 Å². The summed E-state index contributed by atoms with van der Waals surface area (Å²) in [6, 6.07) is 6.12. The molecule has 1 aliphatic carbocycles. The summed E-state index contributed by atoms with van der Waals surface area (Å²) in [7, 11) is 1.67. The summed E-state index contributed by atoms with van der Waals surface area (Å²) < 4.78 is 5.33. The van der Waals surface area contributed by atoms with E-state index in [4.69, 9.17) is 9.84 Å². The van der Waals surface area contributed by atoms with Crippen LogP contribution in [0.25, 0.3) is 0 Å². The quantitative estimate of drug-likeness (QED) is 0.739. The van der Waals surface area contributed by atoms with Gasteiger partial charge in [0.2, 0.25) is 0 Å². The Morgan fingerprint density at radius 2 is 2.21 bits per heavy atom. The highest BCUT2D eigenvalue weighted by Gasteiger charge is 2.49. The predicted octanol–water partition coefficient (Wildman–Crippen LogP) is 2.00. The van der Waals surface area contributed by atoms with E-state index in [0.29, 0.717) is 6.54 Å². The number of aryl methyl sites for hydroxylation is 1. The van der Waals surface area contributed by atoms with Crippen molar-refractivity contribution in [2.75, 3.05) is 20.2 Å². The van der Waals surface area contributed by atoms with E-state index in [1.165, 1.54) is 5.56 Å². The Morgan fingerprint density at radius 1 is 1.47 bits per heavy atom. The third-order valence-electron chi connectivity index (χ3n) is 3.78. The van der Waals surface area contributed by atoms with Crippen molar-refractivity contribution in [2.24, 2.45) is 5.41 Å². The van der Waals surface area contributed by atoms with Crippen LogP contribution in [-0.4, -0.2) is 31.3 Å². The normalized spacial score (nSPS) is 16.1. The number of methoxy groups -OCH3 is 1. The van der Waals surface area contributed by atoms with Gasteiger partial charge in [-0.25, -0.2) is 0 Å². The summed E-state index contributed by atoms with van der Waals surface area (Å²) in [6.07, 6.45) is 2.44. The van der Waals surface area contributed by atoms with Gasteiger partial charge in [0, 0.05) is 6.54 Å². The van der Waals surface area contributed by atoms with Crippen LogP contribution in [0.4, 0.5) is 0 Å². The molecule has 2 rings (SSSR count). The molecule has 0 aliphatic heterocycles. The number of carboxylic acid groups (broad SMARTS) is 1. The predicted molar refractivity (Wildman–Crippen MR) is 73.6 cm³/mol. The minimum Gasteiger partial charge on any atom is -0.496 e. The van der Waals surface area contributed by atoms with E-state index < -0.39 is 11.4 Å². The zero-order valence-electron chi connectivity index (χ0n) is 11.5. The van der Waals surface area contributed by atoms with Gasteiger partial charge >= 0.3 is 5.97 Å². The molecule has 0 amide bonds. The summed E-state index contributed by atoms with van der Waals surface area (Å²) in [4.78, 5) is 11.0. The van der Waals surface area contributed by atoms with Crippen molar-refractivity contribution in [3.63, 3.8) is 0 Å². The van der Waals surface area contributed by atoms with E-state index in [0.717, 1.165) is 37.1 Å². The maximum atomic E-state index is 11.0. The molecule has 1 saturated carbocycles. The Hall–Kier alpha value is -1.55. The van der Waals surface area contributed by atoms with E-state index >= 15 is 0 Å². The Kier molecular flexibility index (Phi) is 4.10. The zero-order valence-corrected chi connectivity index (χ0v) is 11.5. The SMILES string of the molecule is COc1ccc(C)cc1CCNCC1(C(=O)O)CC1. The molecule has 0 bridgehead atoms. The number of aliphatic carboxylic acids is 1. The van der Waals surface area contributed by atoms with Crippen molar-refractivity contribution in [1.82, 2.24) is 5.32 Å².